The van der Waals surface area contributed by atoms with Gasteiger partial charge in [0.25, 0.3) is 11.8 Å². The summed E-state index contributed by atoms with van der Waals surface area (Å²) in [5.41, 5.74) is 7.33. The number of nitrogens with two attached hydrogens (primary N) is 1. The highest BCUT2D eigenvalue weighted by atomic mass is 16.5. The number of carbonyl (C=O) groups is 2. The summed E-state index contributed by atoms with van der Waals surface area (Å²) >= 11 is 0. The minimum atomic E-state index is -0.631. The molecule has 32 heavy (non-hydrogen) atoms. The van der Waals surface area contributed by atoms with Crippen LogP contribution in [0.25, 0.3) is 0 Å². The molecule has 1 aliphatic rings. The van der Waals surface area contributed by atoms with Crippen LogP contribution >= 0.6 is 0 Å². The Morgan fingerprint density at radius 3 is 2.12 bits per heavy atom. The highest BCUT2D eigenvalue weighted by Gasteiger charge is 2.25. The number of nitriles is 1. The molecule has 2 amide bonds. The second kappa shape index (κ2) is 10.5. The topological polar surface area (TPSA) is 118 Å². The fourth-order valence-electron chi connectivity index (χ4n) is 3.52. The largest absolute Gasteiger partial charge is 0.493 e. The normalized spacial score (nSPS) is 13.8. The molecular weight excluding hydrogens is 412 g/mol. The summed E-state index contributed by atoms with van der Waals surface area (Å²) in [5, 5.41) is 8.92. The van der Waals surface area contributed by atoms with Crippen molar-refractivity contribution >= 4 is 11.8 Å². The van der Waals surface area contributed by atoms with E-state index in [1.165, 1.54) is 14.2 Å². The summed E-state index contributed by atoms with van der Waals surface area (Å²) < 4.78 is 16.1. The molecule has 1 fully saturated rings. The first-order valence-electron chi connectivity index (χ1n) is 10.1. The van der Waals surface area contributed by atoms with Crippen LogP contribution in [0, 0.1) is 11.3 Å². The average molecular weight is 438 g/mol. The van der Waals surface area contributed by atoms with Gasteiger partial charge in [0.05, 0.1) is 25.9 Å². The standard InChI is InChI=1S/C23H26N4O5/c1-30-19-11-18(12-20(31-2)22(19)32-15-21(25)28)23(29)27-9-7-26(8-10-27)14-17-5-3-16(13-24)4-6-17/h3-6,11-12H,7-10,14-15H2,1-2H3,(H2,25,28). The van der Waals surface area contributed by atoms with E-state index in [0.717, 1.165) is 25.2 Å². The average Bonchev–Trinajstić information content (AvgIpc) is 2.82. The third-order valence-corrected chi connectivity index (χ3v) is 5.22. The molecule has 0 unspecified atom stereocenters. The SMILES string of the molecule is COc1cc(C(=O)N2CCN(Cc3ccc(C#N)cc3)CC2)cc(OC)c1OCC(N)=O. The summed E-state index contributed by atoms with van der Waals surface area (Å²) in [6, 6.07) is 12.8. The fraction of sp³-hybridized carbons (Fsp3) is 0.348. The minimum Gasteiger partial charge on any atom is -0.493 e. The molecule has 2 aromatic rings. The Kier molecular flexibility index (Phi) is 7.52. The molecule has 0 spiro atoms. The van der Waals surface area contributed by atoms with Crippen LogP contribution in [-0.2, 0) is 11.3 Å². The second-order valence-corrected chi connectivity index (χ2v) is 7.34. The van der Waals surface area contributed by atoms with Crippen molar-refractivity contribution in [1.82, 2.24) is 9.80 Å². The van der Waals surface area contributed by atoms with Crippen LogP contribution in [0.3, 0.4) is 0 Å². The maximum Gasteiger partial charge on any atom is 0.255 e. The highest BCUT2D eigenvalue weighted by molar-refractivity contribution is 5.95. The predicted molar refractivity (Wildman–Crippen MR) is 117 cm³/mol. The Bertz CT molecular complexity index is 983. The Morgan fingerprint density at radius 1 is 1.03 bits per heavy atom. The van der Waals surface area contributed by atoms with E-state index in [4.69, 9.17) is 25.2 Å². The van der Waals surface area contributed by atoms with Crippen molar-refractivity contribution in [1.29, 1.82) is 5.26 Å². The number of hydrogen-bond donors (Lipinski definition) is 1. The molecule has 1 saturated heterocycles. The zero-order valence-corrected chi connectivity index (χ0v) is 18.2. The van der Waals surface area contributed by atoms with Crippen LogP contribution in [0.4, 0.5) is 0 Å². The van der Waals surface area contributed by atoms with Crippen molar-refractivity contribution in [2.24, 2.45) is 5.73 Å². The molecule has 0 radical (unpaired) electrons. The summed E-state index contributed by atoms with van der Waals surface area (Å²) in [6.45, 7) is 3.07. The molecule has 168 valence electrons. The molecule has 0 aromatic heterocycles. The maximum atomic E-state index is 13.1. The van der Waals surface area contributed by atoms with Gasteiger partial charge in [-0.1, -0.05) is 12.1 Å². The van der Waals surface area contributed by atoms with E-state index >= 15 is 0 Å². The van der Waals surface area contributed by atoms with E-state index in [9.17, 15) is 9.59 Å². The lowest BCUT2D eigenvalue weighted by atomic mass is 10.1. The molecule has 2 aromatic carbocycles. The number of hydrogen-bond acceptors (Lipinski definition) is 7. The van der Waals surface area contributed by atoms with Gasteiger partial charge in [-0.25, -0.2) is 0 Å². The monoisotopic (exact) mass is 438 g/mol. The van der Waals surface area contributed by atoms with Crippen LogP contribution in [0.2, 0.25) is 0 Å². The maximum absolute atomic E-state index is 13.1. The van der Waals surface area contributed by atoms with Crippen LogP contribution in [-0.4, -0.2) is 68.6 Å². The Hall–Kier alpha value is -3.77. The van der Waals surface area contributed by atoms with Gasteiger partial charge in [0.15, 0.2) is 18.1 Å². The van der Waals surface area contributed by atoms with Crippen LogP contribution in [0.1, 0.15) is 21.5 Å². The first-order valence-corrected chi connectivity index (χ1v) is 10.1. The quantitative estimate of drug-likeness (QED) is 0.662. The second-order valence-electron chi connectivity index (χ2n) is 7.34. The third-order valence-electron chi connectivity index (χ3n) is 5.22. The number of rotatable bonds is 8. The van der Waals surface area contributed by atoms with Crippen molar-refractivity contribution in [3.8, 4) is 23.3 Å². The molecule has 0 bridgehead atoms. The molecule has 0 saturated carbocycles. The number of nitrogens with zero attached hydrogens (tertiary/aromatic N) is 3. The highest BCUT2D eigenvalue weighted by Crippen LogP contribution is 2.39. The zero-order chi connectivity index (χ0) is 23.1. The number of carbonyl (C=O) groups excluding carboxylic acids is 2. The van der Waals surface area contributed by atoms with E-state index < -0.39 is 5.91 Å². The Labute approximate surface area is 186 Å². The lowest BCUT2D eigenvalue weighted by Gasteiger charge is -2.35. The van der Waals surface area contributed by atoms with Crippen molar-refractivity contribution in [2.75, 3.05) is 47.0 Å². The third kappa shape index (κ3) is 5.47. The van der Waals surface area contributed by atoms with Crippen molar-refractivity contribution in [2.45, 2.75) is 6.54 Å². The van der Waals surface area contributed by atoms with Crippen molar-refractivity contribution in [3.05, 3.63) is 53.1 Å². The predicted octanol–water partition coefficient (Wildman–Crippen LogP) is 1.40. The van der Waals surface area contributed by atoms with E-state index in [-0.39, 0.29) is 29.8 Å². The Balaban J connectivity index is 1.66. The molecule has 1 heterocycles. The van der Waals surface area contributed by atoms with Gasteiger partial charge in [0, 0.05) is 38.3 Å². The summed E-state index contributed by atoms with van der Waals surface area (Å²) in [4.78, 5) is 28.2. The van der Waals surface area contributed by atoms with Crippen LogP contribution in [0.15, 0.2) is 36.4 Å². The zero-order valence-electron chi connectivity index (χ0n) is 18.2. The summed E-state index contributed by atoms with van der Waals surface area (Å²) in [7, 11) is 2.89. The lowest BCUT2D eigenvalue weighted by molar-refractivity contribution is -0.120. The number of amides is 2. The van der Waals surface area contributed by atoms with E-state index in [1.54, 1.807) is 17.0 Å². The molecule has 1 aliphatic heterocycles. The number of piperazine rings is 1. The van der Waals surface area contributed by atoms with Crippen LogP contribution < -0.4 is 19.9 Å². The number of methoxy groups -OCH3 is 2. The van der Waals surface area contributed by atoms with E-state index in [1.807, 2.05) is 24.3 Å². The van der Waals surface area contributed by atoms with E-state index in [2.05, 4.69) is 11.0 Å². The summed E-state index contributed by atoms with van der Waals surface area (Å²) in [5.74, 6) is 0.0219. The molecule has 0 aliphatic carbocycles. The number of primary amides is 1. The van der Waals surface area contributed by atoms with Gasteiger partial charge >= 0.3 is 0 Å². The molecule has 9 heteroatoms. The van der Waals surface area contributed by atoms with E-state index in [0.29, 0.717) is 24.2 Å². The lowest BCUT2D eigenvalue weighted by Crippen LogP contribution is -2.48. The fourth-order valence-corrected chi connectivity index (χ4v) is 3.52. The van der Waals surface area contributed by atoms with Gasteiger partial charge in [-0.3, -0.25) is 14.5 Å². The Morgan fingerprint density at radius 2 is 1.62 bits per heavy atom. The molecule has 0 atom stereocenters. The summed E-state index contributed by atoms with van der Waals surface area (Å²) in [6.07, 6.45) is 0. The first kappa shape index (κ1) is 22.9. The van der Waals surface area contributed by atoms with Gasteiger partial charge in [-0.2, -0.15) is 5.26 Å². The van der Waals surface area contributed by atoms with Crippen molar-refractivity contribution < 1.29 is 23.8 Å². The minimum absolute atomic E-state index is 0.138. The van der Waals surface area contributed by atoms with Gasteiger partial charge in [-0.05, 0) is 29.8 Å². The molecule has 9 nitrogen and oxygen atoms in total. The van der Waals surface area contributed by atoms with Gasteiger partial charge in [0.2, 0.25) is 5.75 Å². The van der Waals surface area contributed by atoms with Gasteiger partial charge in [-0.15, -0.1) is 0 Å². The first-order chi connectivity index (χ1) is 15.4. The van der Waals surface area contributed by atoms with Crippen LogP contribution in [0.5, 0.6) is 17.2 Å². The van der Waals surface area contributed by atoms with Gasteiger partial charge in [0.1, 0.15) is 0 Å². The molecule has 3 rings (SSSR count). The smallest absolute Gasteiger partial charge is 0.255 e. The number of ether oxygens (including phenoxy) is 3. The molecular formula is C23H26N4O5. The van der Waals surface area contributed by atoms with Crippen molar-refractivity contribution in [3.63, 3.8) is 0 Å². The molecule has 2 N–H and O–H groups in total. The van der Waals surface area contributed by atoms with Gasteiger partial charge < -0.3 is 24.8 Å². The number of benzene rings is 2.